The van der Waals surface area contributed by atoms with Crippen molar-refractivity contribution in [2.45, 2.75) is 53.4 Å². The SMILES string of the molecule is Cc1cc(C)n(-c2cncc(NCc3cccc(COC(C)(C)C)c3)n2)n1. The quantitative estimate of drug-likeness (QED) is 0.709. The average Bonchev–Trinajstić information content (AvgIpc) is 2.97. The molecular weight excluding hydrogens is 338 g/mol. The van der Waals surface area contributed by atoms with Gasteiger partial charge < -0.3 is 10.1 Å². The molecule has 0 radical (unpaired) electrons. The third-order valence-corrected chi connectivity index (χ3v) is 3.99. The summed E-state index contributed by atoms with van der Waals surface area (Å²) >= 11 is 0. The zero-order valence-electron chi connectivity index (χ0n) is 16.7. The largest absolute Gasteiger partial charge is 0.371 e. The summed E-state index contributed by atoms with van der Waals surface area (Å²) in [6, 6.07) is 10.4. The third-order valence-electron chi connectivity index (χ3n) is 3.99. The van der Waals surface area contributed by atoms with Gasteiger partial charge in [0.25, 0.3) is 0 Å². The van der Waals surface area contributed by atoms with Crippen molar-refractivity contribution < 1.29 is 4.74 Å². The molecule has 0 bridgehead atoms. The standard InChI is InChI=1S/C21H27N5O/c1-15-9-16(2)26(25-15)20-13-22-12-19(24-20)23-11-17-7-6-8-18(10-17)14-27-21(3,4)5/h6-10,12-13H,11,14H2,1-5H3,(H,23,24). The third kappa shape index (κ3) is 5.37. The molecule has 0 unspecified atom stereocenters. The predicted octanol–water partition coefficient (Wildman–Crippen LogP) is 4.21. The summed E-state index contributed by atoms with van der Waals surface area (Å²) in [5.74, 6) is 1.43. The highest BCUT2D eigenvalue weighted by Crippen LogP contribution is 2.15. The van der Waals surface area contributed by atoms with Crippen LogP contribution in [0.4, 0.5) is 5.82 Å². The number of nitrogens with zero attached hydrogens (tertiary/aromatic N) is 4. The van der Waals surface area contributed by atoms with Crippen LogP contribution in [0.1, 0.15) is 43.3 Å². The molecule has 1 N–H and O–H groups in total. The van der Waals surface area contributed by atoms with Gasteiger partial charge >= 0.3 is 0 Å². The highest BCUT2D eigenvalue weighted by atomic mass is 16.5. The molecule has 0 atom stereocenters. The Bertz CT molecular complexity index is 911. The molecule has 3 rings (SSSR count). The minimum Gasteiger partial charge on any atom is -0.371 e. The maximum absolute atomic E-state index is 5.86. The summed E-state index contributed by atoms with van der Waals surface area (Å²) in [7, 11) is 0. The number of hydrogen-bond donors (Lipinski definition) is 1. The van der Waals surface area contributed by atoms with E-state index in [1.54, 1.807) is 17.1 Å². The molecule has 0 saturated carbocycles. The summed E-state index contributed by atoms with van der Waals surface area (Å²) in [6.45, 7) is 11.4. The smallest absolute Gasteiger partial charge is 0.174 e. The molecule has 0 saturated heterocycles. The van der Waals surface area contributed by atoms with E-state index in [0.717, 1.165) is 22.8 Å². The van der Waals surface area contributed by atoms with Crippen molar-refractivity contribution in [3.8, 4) is 5.82 Å². The molecule has 3 aromatic rings. The Morgan fingerprint density at radius 2 is 1.85 bits per heavy atom. The van der Waals surface area contributed by atoms with Gasteiger partial charge in [0.2, 0.25) is 0 Å². The van der Waals surface area contributed by atoms with Crippen molar-refractivity contribution in [2.75, 3.05) is 5.32 Å². The number of ether oxygens (including phenoxy) is 1. The Hall–Kier alpha value is -2.73. The highest BCUT2D eigenvalue weighted by Gasteiger charge is 2.10. The van der Waals surface area contributed by atoms with Gasteiger partial charge in [0, 0.05) is 12.2 Å². The Morgan fingerprint density at radius 3 is 2.56 bits per heavy atom. The monoisotopic (exact) mass is 365 g/mol. The molecule has 142 valence electrons. The number of rotatable bonds is 6. The van der Waals surface area contributed by atoms with Gasteiger partial charge in [-0.3, -0.25) is 4.98 Å². The fraction of sp³-hybridized carbons (Fsp3) is 0.381. The fourth-order valence-electron chi connectivity index (χ4n) is 2.73. The maximum atomic E-state index is 5.86. The normalized spacial score (nSPS) is 11.6. The van der Waals surface area contributed by atoms with Crippen LogP contribution in [0, 0.1) is 13.8 Å². The van der Waals surface area contributed by atoms with E-state index in [4.69, 9.17) is 4.74 Å². The first-order valence-electron chi connectivity index (χ1n) is 9.11. The van der Waals surface area contributed by atoms with Crippen LogP contribution in [-0.4, -0.2) is 25.3 Å². The van der Waals surface area contributed by atoms with Crippen LogP contribution in [0.15, 0.2) is 42.7 Å². The average molecular weight is 365 g/mol. The van der Waals surface area contributed by atoms with Crippen molar-refractivity contribution in [3.63, 3.8) is 0 Å². The number of nitrogens with one attached hydrogen (secondary N) is 1. The van der Waals surface area contributed by atoms with E-state index in [1.807, 2.05) is 19.9 Å². The molecule has 2 heterocycles. The van der Waals surface area contributed by atoms with Crippen LogP contribution in [0.5, 0.6) is 0 Å². The molecule has 0 fully saturated rings. The first kappa shape index (κ1) is 19.0. The second-order valence-electron chi connectivity index (χ2n) is 7.68. The van der Waals surface area contributed by atoms with Crippen LogP contribution in [0.3, 0.4) is 0 Å². The van der Waals surface area contributed by atoms with Crippen LogP contribution in [-0.2, 0) is 17.9 Å². The molecule has 6 nitrogen and oxygen atoms in total. The van der Waals surface area contributed by atoms with E-state index in [0.29, 0.717) is 19.0 Å². The minimum absolute atomic E-state index is 0.146. The van der Waals surface area contributed by atoms with E-state index in [2.05, 4.69) is 65.4 Å². The number of anilines is 1. The Kier molecular flexibility index (Phi) is 5.56. The molecular formula is C21H27N5O. The van der Waals surface area contributed by atoms with Gasteiger partial charge in [0.15, 0.2) is 5.82 Å². The van der Waals surface area contributed by atoms with E-state index in [1.165, 1.54) is 5.56 Å². The van der Waals surface area contributed by atoms with E-state index < -0.39 is 0 Å². The predicted molar refractivity (Wildman–Crippen MR) is 107 cm³/mol. The lowest BCUT2D eigenvalue weighted by molar-refractivity contribution is -0.0149. The second kappa shape index (κ2) is 7.88. The first-order valence-corrected chi connectivity index (χ1v) is 9.11. The van der Waals surface area contributed by atoms with Gasteiger partial charge in [0.05, 0.1) is 30.3 Å². The number of benzene rings is 1. The molecule has 0 aliphatic rings. The molecule has 1 aromatic carbocycles. The van der Waals surface area contributed by atoms with Gasteiger partial charge in [-0.2, -0.15) is 5.10 Å². The number of hydrogen-bond acceptors (Lipinski definition) is 5. The van der Waals surface area contributed by atoms with Crippen molar-refractivity contribution in [1.29, 1.82) is 0 Å². The molecule has 0 amide bonds. The Balaban J connectivity index is 1.67. The molecule has 0 spiro atoms. The fourth-order valence-corrected chi connectivity index (χ4v) is 2.73. The van der Waals surface area contributed by atoms with E-state index >= 15 is 0 Å². The van der Waals surface area contributed by atoms with Gasteiger partial charge in [-0.25, -0.2) is 9.67 Å². The van der Waals surface area contributed by atoms with E-state index in [9.17, 15) is 0 Å². The molecule has 6 heteroatoms. The van der Waals surface area contributed by atoms with Crippen LogP contribution in [0.2, 0.25) is 0 Å². The lowest BCUT2D eigenvalue weighted by Gasteiger charge is -2.19. The molecule has 0 aliphatic carbocycles. The van der Waals surface area contributed by atoms with Crippen molar-refractivity contribution in [2.24, 2.45) is 0 Å². The van der Waals surface area contributed by atoms with Crippen LogP contribution >= 0.6 is 0 Å². The van der Waals surface area contributed by atoms with Crippen molar-refractivity contribution in [1.82, 2.24) is 19.7 Å². The molecule has 27 heavy (non-hydrogen) atoms. The summed E-state index contributed by atoms with van der Waals surface area (Å²) in [5, 5.41) is 7.81. The molecule has 2 aromatic heterocycles. The van der Waals surface area contributed by atoms with Gasteiger partial charge in [-0.15, -0.1) is 0 Å². The lowest BCUT2D eigenvalue weighted by Crippen LogP contribution is -2.18. The maximum Gasteiger partial charge on any atom is 0.174 e. The second-order valence-corrected chi connectivity index (χ2v) is 7.68. The lowest BCUT2D eigenvalue weighted by atomic mass is 10.1. The first-order chi connectivity index (χ1) is 12.8. The van der Waals surface area contributed by atoms with Crippen molar-refractivity contribution >= 4 is 5.82 Å². The van der Waals surface area contributed by atoms with Gasteiger partial charge in [0.1, 0.15) is 5.82 Å². The number of aryl methyl sites for hydroxylation is 2. The topological polar surface area (TPSA) is 64.9 Å². The van der Waals surface area contributed by atoms with Crippen LogP contribution in [0.25, 0.3) is 5.82 Å². The minimum atomic E-state index is -0.146. The van der Waals surface area contributed by atoms with E-state index in [-0.39, 0.29) is 5.60 Å². The zero-order chi connectivity index (χ0) is 19.4. The summed E-state index contributed by atoms with van der Waals surface area (Å²) in [4.78, 5) is 8.92. The van der Waals surface area contributed by atoms with Crippen LogP contribution < -0.4 is 5.32 Å². The van der Waals surface area contributed by atoms with Gasteiger partial charge in [-0.05, 0) is 51.8 Å². The van der Waals surface area contributed by atoms with Crippen molar-refractivity contribution in [3.05, 3.63) is 65.2 Å². The van der Waals surface area contributed by atoms with Gasteiger partial charge in [-0.1, -0.05) is 24.3 Å². The summed E-state index contributed by atoms with van der Waals surface area (Å²) < 4.78 is 7.66. The highest BCUT2D eigenvalue weighted by molar-refractivity contribution is 5.38. The number of aromatic nitrogens is 4. The molecule has 0 aliphatic heterocycles. The Labute approximate surface area is 160 Å². The zero-order valence-corrected chi connectivity index (χ0v) is 16.7. The summed E-state index contributed by atoms with van der Waals surface area (Å²) in [5.41, 5.74) is 4.18. The Morgan fingerprint density at radius 1 is 1.07 bits per heavy atom. The summed E-state index contributed by atoms with van der Waals surface area (Å²) in [6.07, 6.45) is 3.44.